The van der Waals surface area contributed by atoms with E-state index in [9.17, 15) is 20.1 Å². The maximum Gasteiger partial charge on any atom is 0.253 e. The number of carbonyl (C=O) groups is 1. The molecule has 2 fully saturated rings. The highest BCUT2D eigenvalue weighted by atomic mass is 16.5. The molecule has 3 unspecified atom stereocenters. The minimum Gasteiger partial charge on any atom is -0.493 e. The molecule has 190 valence electrons. The summed E-state index contributed by atoms with van der Waals surface area (Å²) in [6.45, 7) is 5.21. The van der Waals surface area contributed by atoms with Crippen molar-refractivity contribution in [3.63, 3.8) is 0 Å². The van der Waals surface area contributed by atoms with E-state index in [4.69, 9.17) is 9.47 Å². The zero-order valence-corrected chi connectivity index (χ0v) is 20.5. The van der Waals surface area contributed by atoms with E-state index in [1.807, 2.05) is 43.5 Å². The van der Waals surface area contributed by atoms with Crippen molar-refractivity contribution in [3.05, 3.63) is 48.3 Å². The van der Waals surface area contributed by atoms with Gasteiger partial charge in [0.1, 0.15) is 6.10 Å². The van der Waals surface area contributed by atoms with Crippen LogP contribution in [0.1, 0.15) is 31.7 Å². The number of hydrogen-bond donors (Lipinski definition) is 3. The van der Waals surface area contributed by atoms with E-state index in [1.54, 1.807) is 20.2 Å². The van der Waals surface area contributed by atoms with Gasteiger partial charge >= 0.3 is 0 Å². The van der Waals surface area contributed by atoms with Crippen molar-refractivity contribution in [3.8, 4) is 11.5 Å². The minimum absolute atomic E-state index is 0.0242. The summed E-state index contributed by atoms with van der Waals surface area (Å²) in [4.78, 5) is 20.6. The molecule has 0 bridgehead atoms. The molecule has 4 rings (SSSR count). The number of anilines is 1. The summed E-state index contributed by atoms with van der Waals surface area (Å²) in [5, 5.41) is 29.8. The van der Waals surface area contributed by atoms with Gasteiger partial charge in [-0.25, -0.2) is 0 Å². The van der Waals surface area contributed by atoms with Crippen molar-refractivity contribution < 1.29 is 29.6 Å². The van der Waals surface area contributed by atoms with E-state index < -0.39 is 30.1 Å². The Hall–Kier alpha value is -2.88. The molecule has 5 atom stereocenters. The third kappa shape index (κ3) is 5.07. The smallest absolute Gasteiger partial charge is 0.253 e. The largest absolute Gasteiger partial charge is 0.493 e. The van der Waals surface area contributed by atoms with Crippen LogP contribution in [0.2, 0.25) is 0 Å². The first-order chi connectivity index (χ1) is 16.8. The molecule has 0 spiro atoms. The Labute approximate surface area is 205 Å². The Bertz CT molecular complexity index is 1020. The lowest BCUT2D eigenvalue weighted by molar-refractivity contribution is -0.141. The third-order valence-corrected chi connectivity index (χ3v) is 7.49. The van der Waals surface area contributed by atoms with Crippen molar-refractivity contribution in [2.45, 2.75) is 44.5 Å². The normalized spacial score (nSPS) is 26.0. The van der Waals surface area contributed by atoms with Crippen LogP contribution >= 0.6 is 0 Å². The highest BCUT2D eigenvalue weighted by molar-refractivity contribution is 5.81. The fraction of sp³-hybridized carbons (Fsp3) is 0.538. The first-order valence-electron chi connectivity index (χ1n) is 12.0. The average molecular weight is 486 g/mol. The third-order valence-electron chi connectivity index (χ3n) is 7.49. The molecular formula is C26H35N3O6. The van der Waals surface area contributed by atoms with Gasteiger partial charge in [0.2, 0.25) is 0 Å². The van der Waals surface area contributed by atoms with E-state index in [-0.39, 0.29) is 18.6 Å². The number of aliphatic hydroxyl groups is 3. The van der Waals surface area contributed by atoms with Gasteiger partial charge in [0.25, 0.3) is 5.91 Å². The standard InChI is InChI=1S/C26H35N3O6/c1-17(31)26(2)16-29(25(33)22(32)15-30)14-21(26)18-6-7-23(34-3)24(11-18)35-20-8-10-28(13-20)19-5-4-9-27-12-19/h4-7,9,11-12,17,20-22,30-32H,8,10,13-16H2,1-3H3/t17?,20?,21-,22?,26-/m0/s1. The van der Waals surface area contributed by atoms with Crippen LogP contribution in [0.15, 0.2) is 42.7 Å². The van der Waals surface area contributed by atoms with Gasteiger partial charge in [-0.2, -0.15) is 0 Å². The molecule has 3 heterocycles. The van der Waals surface area contributed by atoms with E-state index in [0.717, 1.165) is 30.8 Å². The summed E-state index contributed by atoms with van der Waals surface area (Å²) in [5.41, 5.74) is 1.34. The molecule has 2 aliphatic rings. The number of likely N-dealkylation sites (tertiary alicyclic amines) is 1. The SMILES string of the molecule is COc1ccc([C@@H]2CN(C(=O)C(O)CO)C[C@@]2(C)C(C)O)cc1OC1CCN(c2cccnc2)C1. The molecule has 0 aliphatic carbocycles. The van der Waals surface area contributed by atoms with Crippen LogP contribution < -0.4 is 14.4 Å². The van der Waals surface area contributed by atoms with Crippen molar-refractivity contribution in [1.82, 2.24) is 9.88 Å². The van der Waals surface area contributed by atoms with Crippen LogP contribution in [-0.4, -0.2) is 89.3 Å². The maximum absolute atomic E-state index is 12.6. The number of hydrogen-bond acceptors (Lipinski definition) is 8. The zero-order valence-electron chi connectivity index (χ0n) is 20.5. The predicted octanol–water partition coefficient (Wildman–Crippen LogP) is 1.41. The number of benzene rings is 1. The number of methoxy groups -OCH3 is 1. The number of carbonyl (C=O) groups excluding carboxylic acids is 1. The van der Waals surface area contributed by atoms with Crippen LogP contribution in [-0.2, 0) is 4.79 Å². The second-order valence-corrected chi connectivity index (χ2v) is 9.75. The first kappa shape index (κ1) is 25.2. The number of aliphatic hydroxyl groups excluding tert-OH is 3. The van der Waals surface area contributed by atoms with E-state index >= 15 is 0 Å². The minimum atomic E-state index is -1.47. The van der Waals surface area contributed by atoms with E-state index in [1.165, 1.54) is 4.90 Å². The van der Waals surface area contributed by atoms with Gasteiger partial charge in [-0.05, 0) is 36.8 Å². The van der Waals surface area contributed by atoms with Crippen LogP contribution in [0.3, 0.4) is 0 Å². The molecule has 0 saturated carbocycles. The maximum atomic E-state index is 12.6. The summed E-state index contributed by atoms with van der Waals surface area (Å²) in [7, 11) is 1.60. The lowest BCUT2D eigenvalue weighted by Gasteiger charge is -2.34. The monoisotopic (exact) mass is 485 g/mol. The lowest BCUT2D eigenvalue weighted by atomic mass is 9.72. The molecule has 9 heteroatoms. The fourth-order valence-corrected chi connectivity index (χ4v) is 5.16. The van der Waals surface area contributed by atoms with Gasteiger partial charge in [-0.1, -0.05) is 13.0 Å². The predicted molar refractivity (Wildman–Crippen MR) is 131 cm³/mol. The molecule has 2 aromatic rings. The van der Waals surface area contributed by atoms with Gasteiger partial charge in [-0.3, -0.25) is 9.78 Å². The van der Waals surface area contributed by atoms with Crippen LogP contribution in [0.4, 0.5) is 5.69 Å². The van der Waals surface area contributed by atoms with Gasteiger partial charge in [0, 0.05) is 43.6 Å². The highest BCUT2D eigenvalue weighted by Gasteiger charge is 2.49. The summed E-state index contributed by atoms with van der Waals surface area (Å²) in [6, 6.07) is 9.68. The molecule has 1 aromatic carbocycles. The van der Waals surface area contributed by atoms with Gasteiger partial charge < -0.3 is 34.6 Å². The Morgan fingerprint density at radius 1 is 1.26 bits per heavy atom. The van der Waals surface area contributed by atoms with Crippen molar-refractivity contribution in [1.29, 1.82) is 0 Å². The molecule has 2 aliphatic heterocycles. The quantitative estimate of drug-likeness (QED) is 0.514. The number of ether oxygens (including phenoxy) is 2. The fourth-order valence-electron chi connectivity index (χ4n) is 5.16. The molecule has 1 amide bonds. The molecule has 2 saturated heterocycles. The summed E-state index contributed by atoms with van der Waals surface area (Å²) >= 11 is 0. The van der Waals surface area contributed by atoms with Crippen LogP contribution in [0, 0.1) is 5.41 Å². The lowest BCUT2D eigenvalue weighted by Crippen LogP contribution is -2.42. The van der Waals surface area contributed by atoms with Crippen LogP contribution in [0.25, 0.3) is 0 Å². The molecular weight excluding hydrogens is 450 g/mol. The summed E-state index contributed by atoms with van der Waals surface area (Å²) < 4.78 is 12.0. The first-order valence-corrected chi connectivity index (χ1v) is 12.0. The summed E-state index contributed by atoms with van der Waals surface area (Å²) in [5.74, 6) is 0.513. The van der Waals surface area contributed by atoms with Gasteiger partial charge in [0.15, 0.2) is 17.6 Å². The Kier molecular flexibility index (Phi) is 7.49. The van der Waals surface area contributed by atoms with Gasteiger partial charge in [-0.15, -0.1) is 0 Å². The van der Waals surface area contributed by atoms with E-state index in [0.29, 0.717) is 18.0 Å². The molecule has 9 nitrogen and oxygen atoms in total. The average Bonchev–Trinajstić information content (AvgIpc) is 3.49. The van der Waals surface area contributed by atoms with Crippen molar-refractivity contribution in [2.24, 2.45) is 5.41 Å². The Balaban J connectivity index is 1.56. The number of pyridine rings is 1. The number of nitrogens with zero attached hydrogens (tertiary/aromatic N) is 3. The topological polar surface area (TPSA) is 116 Å². The Morgan fingerprint density at radius 3 is 2.71 bits per heavy atom. The van der Waals surface area contributed by atoms with Crippen LogP contribution in [0.5, 0.6) is 11.5 Å². The zero-order chi connectivity index (χ0) is 25.2. The summed E-state index contributed by atoms with van der Waals surface area (Å²) in [6.07, 6.45) is 2.27. The number of rotatable bonds is 8. The van der Waals surface area contributed by atoms with E-state index in [2.05, 4.69) is 9.88 Å². The molecule has 1 aromatic heterocycles. The number of amides is 1. The van der Waals surface area contributed by atoms with Gasteiger partial charge in [0.05, 0.1) is 38.2 Å². The molecule has 3 N–H and O–H groups in total. The second-order valence-electron chi connectivity index (χ2n) is 9.75. The number of aromatic nitrogens is 1. The second kappa shape index (κ2) is 10.4. The molecule has 0 radical (unpaired) electrons. The molecule has 35 heavy (non-hydrogen) atoms. The van der Waals surface area contributed by atoms with Crippen molar-refractivity contribution in [2.75, 3.05) is 44.8 Å². The Morgan fingerprint density at radius 2 is 2.06 bits per heavy atom. The van der Waals surface area contributed by atoms with Crippen molar-refractivity contribution >= 4 is 11.6 Å². The highest BCUT2D eigenvalue weighted by Crippen LogP contribution is 2.47.